The van der Waals surface area contributed by atoms with Crippen molar-refractivity contribution < 1.29 is 26.7 Å². The Labute approximate surface area is 279 Å². The smallest absolute Gasteiger partial charge is 0.336 e. The second-order valence-electron chi connectivity index (χ2n) is 11.4. The van der Waals surface area contributed by atoms with E-state index in [9.17, 15) is 31.5 Å². The maximum Gasteiger partial charge on any atom is 0.416 e. The minimum Gasteiger partial charge on any atom is -0.336 e. The highest BCUT2D eigenvalue weighted by atomic mass is 32.1. The van der Waals surface area contributed by atoms with Crippen LogP contribution < -0.4 is 5.56 Å². The van der Waals surface area contributed by atoms with E-state index in [0.29, 0.717) is 34.7 Å². The number of benzene rings is 3. The lowest BCUT2D eigenvalue weighted by molar-refractivity contribution is -0.137. The Balaban J connectivity index is 1.40. The van der Waals surface area contributed by atoms with Gasteiger partial charge in [-0.15, -0.1) is 11.3 Å². The van der Waals surface area contributed by atoms with Crippen LogP contribution in [-0.4, -0.2) is 51.4 Å². The molecule has 252 valence electrons. The van der Waals surface area contributed by atoms with Gasteiger partial charge in [0.25, 0.3) is 5.56 Å². The summed E-state index contributed by atoms with van der Waals surface area (Å²) in [5.41, 5.74) is 1.75. The molecule has 0 saturated carbocycles. The Morgan fingerprint density at radius 2 is 1.54 bits per heavy atom. The lowest BCUT2D eigenvalue weighted by Gasteiger charge is -2.27. The summed E-state index contributed by atoms with van der Waals surface area (Å²) in [7, 11) is 0. The molecule has 0 spiro atoms. The van der Waals surface area contributed by atoms with E-state index in [1.807, 2.05) is 38.1 Å². The van der Waals surface area contributed by atoms with Crippen molar-refractivity contribution in [3.8, 4) is 11.1 Å². The molecule has 0 atom stereocenters. The minimum atomic E-state index is -4.41. The maximum absolute atomic E-state index is 14.4. The Bertz CT molecular complexity index is 1920. The Morgan fingerprint density at radius 3 is 2.19 bits per heavy atom. The number of amides is 1. The summed E-state index contributed by atoms with van der Waals surface area (Å²) in [6, 6.07) is 18.0. The Morgan fingerprint density at radius 1 is 0.875 bits per heavy atom. The number of thiophene rings is 1. The van der Waals surface area contributed by atoms with Crippen LogP contribution in [0.2, 0.25) is 0 Å². The van der Waals surface area contributed by atoms with E-state index in [1.165, 1.54) is 35.6 Å². The predicted octanol–water partition coefficient (Wildman–Crippen LogP) is 7.58. The van der Waals surface area contributed by atoms with Gasteiger partial charge in [0, 0.05) is 26.1 Å². The van der Waals surface area contributed by atoms with Gasteiger partial charge in [0.1, 0.15) is 17.1 Å². The molecule has 0 aliphatic heterocycles. The number of hydrogen-bond acceptors (Lipinski definition) is 5. The molecule has 0 unspecified atom stereocenters. The van der Waals surface area contributed by atoms with E-state index in [1.54, 1.807) is 20.9 Å². The van der Waals surface area contributed by atoms with Crippen LogP contribution >= 0.6 is 11.3 Å². The van der Waals surface area contributed by atoms with Crippen molar-refractivity contribution in [1.29, 1.82) is 0 Å². The van der Waals surface area contributed by atoms with Gasteiger partial charge in [-0.05, 0) is 71.4 Å². The predicted molar refractivity (Wildman–Crippen MR) is 178 cm³/mol. The zero-order valence-electron chi connectivity index (χ0n) is 26.6. The number of nitrogens with zero attached hydrogens (tertiary/aromatic N) is 4. The average molecular weight is 683 g/mol. The molecule has 0 fully saturated rings. The quantitative estimate of drug-likeness (QED) is 0.120. The van der Waals surface area contributed by atoms with E-state index in [4.69, 9.17) is 0 Å². The minimum absolute atomic E-state index is 0.0802. The summed E-state index contributed by atoms with van der Waals surface area (Å²) in [4.78, 5) is 35.1. The standard InChI is InChI=1S/C36H35F5N4O2S/c1-3-43(4-2)19-20-44(22-24-8-10-25(11-9-24)26-12-15-28(16-13-26)36(39,40)41)32(46)23-45-30-18-21-48-34(30)35(47)42-31(45)17-14-27-6-5-7-29(37)33(27)38/h5-13,15-16,18,21H,3-4,14,17,19-20,22-23H2,1-2H3. The first-order chi connectivity index (χ1) is 23.0. The maximum atomic E-state index is 14.4. The van der Waals surface area contributed by atoms with Crippen LogP contribution in [0, 0.1) is 11.6 Å². The van der Waals surface area contributed by atoms with Gasteiger partial charge in [0.15, 0.2) is 11.6 Å². The van der Waals surface area contributed by atoms with Crippen LogP contribution in [0.3, 0.4) is 0 Å². The molecule has 0 aliphatic rings. The summed E-state index contributed by atoms with van der Waals surface area (Å²) >= 11 is 1.22. The third-order valence-electron chi connectivity index (χ3n) is 8.42. The third kappa shape index (κ3) is 8.16. The molecule has 6 nitrogen and oxygen atoms in total. The number of carbonyl (C=O) groups excluding carboxylic acids is 1. The molecule has 5 rings (SSSR count). The first kappa shape index (κ1) is 34.9. The normalized spacial score (nSPS) is 11.8. The fourth-order valence-corrected chi connectivity index (χ4v) is 6.38. The molecule has 3 aromatic carbocycles. The fourth-order valence-electron chi connectivity index (χ4n) is 5.60. The number of alkyl halides is 3. The molecule has 0 saturated heterocycles. The summed E-state index contributed by atoms with van der Waals surface area (Å²) in [6.07, 6.45) is -4.22. The molecule has 2 heterocycles. The number of fused-ring (bicyclic) bond motifs is 1. The number of aromatic nitrogens is 2. The van der Waals surface area contributed by atoms with Crippen molar-refractivity contribution in [2.45, 2.75) is 46.0 Å². The van der Waals surface area contributed by atoms with E-state index < -0.39 is 28.9 Å². The summed E-state index contributed by atoms with van der Waals surface area (Å²) in [5, 5.41) is 1.75. The number of halogens is 5. The highest BCUT2D eigenvalue weighted by Crippen LogP contribution is 2.31. The topological polar surface area (TPSA) is 58.4 Å². The monoisotopic (exact) mass is 682 g/mol. The highest BCUT2D eigenvalue weighted by Gasteiger charge is 2.30. The van der Waals surface area contributed by atoms with Crippen molar-refractivity contribution >= 4 is 27.5 Å². The van der Waals surface area contributed by atoms with Crippen LogP contribution in [-0.2, 0) is 36.9 Å². The van der Waals surface area contributed by atoms with Crippen molar-refractivity contribution in [1.82, 2.24) is 19.4 Å². The number of aryl methyl sites for hydroxylation is 2. The zero-order chi connectivity index (χ0) is 34.4. The molecular weight excluding hydrogens is 647 g/mol. The lowest BCUT2D eigenvalue weighted by atomic mass is 10.0. The Hall–Kier alpha value is -4.42. The van der Waals surface area contributed by atoms with Gasteiger partial charge in [-0.2, -0.15) is 18.2 Å². The molecule has 2 aromatic heterocycles. The molecule has 0 radical (unpaired) electrons. The zero-order valence-corrected chi connectivity index (χ0v) is 27.4. The van der Waals surface area contributed by atoms with E-state index >= 15 is 0 Å². The van der Waals surface area contributed by atoms with Gasteiger partial charge < -0.3 is 14.4 Å². The summed E-state index contributed by atoms with van der Waals surface area (Å²) in [6.45, 7) is 6.91. The third-order valence-corrected chi connectivity index (χ3v) is 9.31. The fraction of sp³-hybridized carbons (Fsp3) is 0.306. The van der Waals surface area contributed by atoms with Gasteiger partial charge in [-0.1, -0.05) is 62.4 Å². The lowest BCUT2D eigenvalue weighted by Crippen LogP contribution is -2.40. The molecule has 1 amide bonds. The molecule has 5 aromatic rings. The molecule has 48 heavy (non-hydrogen) atoms. The van der Waals surface area contributed by atoms with Gasteiger partial charge in [0.05, 0.1) is 11.1 Å². The second kappa shape index (κ2) is 15.2. The number of carbonyl (C=O) groups is 1. The van der Waals surface area contributed by atoms with Gasteiger partial charge in [0.2, 0.25) is 5.91 Å². The summed E-state index contributed by atoms with van der Waals surface area (Å²) in [5.74, 6) is -1.83. The first-order valence-corrected chi connectivity index (χ1v) is 16.5. The Kier molecular flexibility index (Phi) is 11.1. The highest BCUT2D eigenvalue weighted by molar-refractivity contribution is 7.17. The van der Waals surface area contributed by atoms with Crippen LogP contribution in [0.1, 0.15) is 36.4 Å². The van der Waals surface area contributed by atoms with Crippen molar-refractivity contribution in [3.05, 3.63) is 123 Å². The number of hydrogen-bond donors (Lipinski definition) is 0. The molecule has 0 N–H and O–H groups in total. The molecule has 0 aliphatic carbocycles. The molecular formula is C36H35F5N4O2S. The van der Waals surface area contributed by atoms with Gasteiger partial charge >= 0.3 is 6.18 Å². The second-order valence-corrected chi connectivity index (χ2v) is 12.3. The molecule has 12 heteroatoms. The SMILES string of the molecule is CCN(CC)CCN(Cc1ccc(-c2ccc(C(F)(F)F)cc2)cc1)C(=O)Cn1c(CCc2cccc(F)c2F)nc(=O)c2sccc21. The van der Waals surface area contributed by atoms with E-state index in [-0.39, 0.29) is 37.4 Å². The number of likely N-dealkylation sites (N-methyl/N-ethyl adjacent to an activating group) is 1. The van der Waals surface area contributed by atoms with E-state index in [2.05, 4.69) is 9.88 Å². The van der Waals surface area contributed by atoms with Crippen LogP contribution in [0.5, 0.6) is 0 Å². The van der Waals surface area contributed by atoms with E-state index in [0.717, 1.165) is 42.4 Å². The van der Waals surface area contributed by atoms with Crippen molar-refractivity contribution in [2.75, 3.05) is 26.2 Å². The largest absolute Gasteiger partial charge is 0.416 e. The van der Waals surface area contributed by atoms with Crippen molar-refractivity contribution in [2.24, 2.45) is 0 Å². The van der Waals surface area contributed by atoms with Crippen LogP contribution in [0.15, 0.2) is 83.0 Å². The number of rotatable bonds is 13. The average Bonchev–Trinajstić information content (AvgIpc) is 3.58. The van der Waals surface area contributed by atoms with Gasteiger partial charge in [-0.25, -0.2) is 8.78 Å². The van der Waals surface area contributed by atoms with Gasteiger partial charge in [-0.3, -0.25) is 9.59 Å². The summed E-state index contributed by atoms with van der Waals surface area (Å²) < 4.78 is 69.4. The first-order valence-electron chi connectivity index (χ1n) is 15.6. The van der Waals surface area contributed by atoms with Crippen molar-refractivity contribution in [3.63, 3.8) is 0 Å². The van der Waals surface area contributed by atoms with Crippen LogP contribution in [0.4, 0.5) is 22.0 Å². The molecule has 0 bridgehead atoms. The van der Waals surface area contributed by atoms with Crippen LogP contribution in [0.25, 0.3) is 21.3 Å².